The van der Waals surface area contributed by atoms with E-state index < -0.39 is 11.8 Å². The molecule has 24 heavy (non-hydrogen) atoms. The first-order chi connectivity index (χ1) is 11.4. The maximum atomic E-state index is 13.3. The number of aryl methyl sites for hydroxylation is 2. The van der Waals surface area contributed by atoms with Crippen molar-refractivity contribution in [3.05, 3.63) is 47.3 Å². The fourth-order valence-electron chi connectivity index (χ4n) is 3.24. The van der Waals surface area contributed by atoms with E-state index in [1.165, 1.54) is 0 Å². The van der Waals surface area contributed by atoms with Crippen molar-refractivity contribution < 1.29 is 13.6 Å². The molecule has 0 radical (unpaired) electrons. The molecular formula is C18H21F2N3O. The van der Waals surface area contributed by atoms with Crippen LogP contribution in [0.25, 0.3) is 5.69 Å². The van der Waals surface area contributed by atoms with Crippen molar-refractivity contribution in [1.29, 1.82) is 0 Å². The summed E-state index contributed by atoms with van der Waals surface area (Å²) in [5.41, 5.74) is 3.71. The molecule has 1 N–H and O–H groups in total. The fourth-order valence-corrected chi connectivity index (χ4v) is 3.24. The van der Waals surface area contributed by atoms with Gasteiger partial charge in [0.15, 0.2) is 0 Å². The molecule has 2 aromatic rings. The number of rotatable bonds is 4. The fraction of sp³-hybridized carbons (Fsp3) is 0.444. The monoisotopic (exact) mass is 333 g/mol. The molecule has 1 unspecified atom stereocenters. The van der Waals surface area contributed by atoms with Crippen LogP contribution in [0, 0.1) is 19.8 Å². The summed E-state index contributed by atoms with van der Waals surface area (Å²) in [4.78, 5) is 12.2. The maximum absolute atomic E-state index is 13.3. The van der Waals surface area contributed by atoms with E-state index in [4.69, 9.17) is 0 Å². The van der Waals surface area contributed by atoms with Crippen LogP contribution in [-0.2, 0) is 11.3 Å². The van der Waals surface area contributed by atoms with Crippen LogP contribution in [0.2, 0.25) is 0 Å². The van der Waals surface area contributed by atoms with E-state index in [0.717, 1.165) is 22.6 Å². The predicted molar refractivity (Wildman–Crippen MR) is 87.2 cm³/mol. The largest absolute Gasteiger partial charge is 0.352 e. The third-order valence-corrected chi connectivity index (χ3v) is 4.46. The molecule has 1 aliphatic carbocycles. The molecule has 3 rings (SSSR count). The molecular weight excluding hydrogens is 312 g/mol. The van der Waals surface area contributed by atoms with Gasteiger partial charge in [0.1, 0.15) is 0 Å². The summed E-state index contributed by atoms with van der Waals surface area (Å²) in [5.74, 6) is -3.60. The van der Waals surface area contributed by atoms with Crippen molar-refractivity contribution in [2.24, 2.45) is 5.92 Å². The molecule has 1 heterocycles. The molecule has 1 saturated carbocycles. The highest BCUT2D eigenvalue weighted by Gasteiger charge is 2.42. The first kappa shape index (κ1) is 16.6. The predicted octanol–water partition coefficient (Wildman–Crippen LogP) is 3.54. The Kier molecular flexibility index (Phi) is 4.39. The number of amides is 1. The van der Waals surface area contributed by atoms with E-state index in [1.54, 1.807) is 0 Å². The molecule has 4 nitrogen and oxygen atoms in total. The number of para-hydroxylation sites is 1. The quantitative estimate of drug-likeness (QED) is 0.930. The Morgan fingerprint density at radius 3 is 2.75 bits per heavy atom. The highest BCUT2D eigenvalue weighted by molar-refractivity contribution is 5.79. The Morgan fingerprint density at radius 2 is 2.12 bits per heavy atom. The number of hydrogen-bond donors (Lipinski definition) is 1. The molecule has 1 aromatic carbocycles. The van der Waals surface area contributed by atoms with Gasteiger partial charge < -0.3 is 5.32 Å². The van der Waals surface area contributed by atoms with Crippen molar-refractivity contribution in [3.63, 3.8) is 0 Å². The lowest BCUT2D eigenvalue weighted by Crippen LogP contribution is -2.30. The Bertz CT molecular complexity index is 754. The second-order valence-electron chi connectivity index (χ2n) is 6.48. The second kappa shape index (κ2) is 6.34. The number of nitrogens with one attached hydrogen (secondary N) is 1. The third kappa shape index (κ3) is 3.47. The van der Waals surface area contributed by atoms with Crippen molar-refractivity contribution in [1.82, 2.24) is 15.1 Å². The van der Waals surface area contributed by atoms with Crippen LogP contribution in [0.5, 0.6) is 0 Å². The number of benzene rings is 1. The van der Waals surface area contributed by atoms with Gasteiger partial charge in [-0.1, -0.05) is 18.2 Å². The molecule has 1 amide bonds. The van der Waals surface area contributed by atoms with Crippen LogP contribution >= 0.6 is 0 Å². The Labute approximate surface area is 139 Å². The Balaban J connectivity index is 1.72. The van der Waals surface area contributed by atoms with E-state index in [2.05, 4.69) is 10.4 Å². The first-order valence-corrected chi connectivity index (χ1v) is 8.13. The molecule has 1 aromatic heterocycles. The zero-order chi connectivity index (χ0) is 17.3. The smallest absolute Gasteiger partial charge is 0.248 e. The number of carbonyl (C=O) groups is 1. The molecule has 0 spiro atoms. The van der Waals surface area contributed by atoms with Gasteiger partial charge in [-0.2, -0.15) is 5.10 Å². The van der Waals surface area contributed by atoms with Gasteiger partial charge in [0.2, 0.25) is 11.8 Å². The molecule has 6 heteroatoms. The van der Waals surface area contributed by atoms with Crippen molar-refractivity contribution in [2.75, 3.05) is 0 Å². The third-order valence-electron chi connectivity index (χ3n) is 4.46. The molecule has 0 aliphatic heterocycles. The number of alkyl halides is 2. The van der Waals surface area contributed by atoms with Gasteiger partial charge in [0.05, 0.1) is 11.4 Å². The number of nitrogens with zero attached hydrogens (tertiary/aromatic N) is 2. The maximum Gasteiger partial charge on any atom is 0.248 e. The minimum Gasteiger partial charge on any atom is -0.352 e. The van der Waals surface area contributed by atoms with Crippen LogP contribution in [0.1, 0.15) is 36.2 Å². The van der Waals surface area contributed by atoms with Crippen LogP contribution in [0.3, 0.4) is 0 Å². The van der Waals surface area contributed by atoms with Crippen LogP contribution < -0.4 is 5.32 Å². The van der Waals surface area contributed by atoms with Gasteiger partial charge in [-0.15, -0.1) is 0 Å². The second-order valence-corrected chi connectivity index (χ2v) is 6.48. The molecule has 1 atom stereocenters. The summed E-state index contributed by atoms with van der Waals surface area (Å²) in [6.45, 7) is 4.19. The standard InChI is InChI=1S/C18H21F2N3O/c1-12-9-13(2)23(22-12)16-6-4-3-5-15(16)11-21-17(24)14-7-8-18(19,20)10-14/h3-6,9,14H,7-8,10-11H2,1-2H3,(H,21,24). The van der Waals surface area contributed by atoms with E-state index in [1.807, 2.05) is 48.9 Å². The summed E-state index contributed by atoms with van der Waals surface area (Å²) in [5, 5.41) is 7.27. The minimum atomic E-state index is -2.70. The van der Waals surface area contributed by atoms with Crippen molar-refractivity contribution in [2.45, 2.75) is 45.6 Å². The molecule has 0 bridgehead atoms. The number of hydrogen-bond acceptors (Lipinski definition) is 2. The Hall–Kier alpha value is -2.24. The summed E-state index contributed by atoms with van der Waals surface area (Å²) in [6, 6.07) is 9.63. The van der Waals surface area contributed by atoms with E-state index >= 15 is 0 Å². The average Bonchev–Trinajstić information content (AvgIpc) is 3.06. The first-order valence-electron chi connectivity index (χ1n) is 8.13. The van der Waals surface area contributed by atoms with E-state index in [-0.39, 0.29) is 25.2 Å². The van der Waals surface area contributed by atoms with Gasteiger partial charge in [0.25, 0.3) is 0 Å². The molecule has 1 aliphatic rings. The highest BCUT2D eigenvalue weighted by atomic mass is 19.3. The lowest BCUT2D eigenvalue weighted by molar-refractivity contribution is -0.125. The summed E-state index contributed by atoms with van der Waals surface area (Å²) in [6.07, 6.45) is -0.302. The topological polar surface area (TPSA) is 46.9 Å². The SMILES string of the molecule is Cc1cc(C)n(-c2ccccc2CNC(=O)C2CCC(F)(F)C2)n1. The van der Waals surface area contributed by atoms with E-state index in [0.29, 0.717) is 6.54 Å². The summed E-state index contributed by atoms with van der Waals surface area (Å²) >= 11 is 0. The van der Waals surface area contributed by atoms with Gasteiger partial charge >= 0.3 is 0 Å². The number of aromatic nitrogens is 2. The lowest BCUT2D eigenvalue weighted by Gasteiger charge is -2.14. The van der Waals surface area contributed by atoms with Crippen molar-refractivity contribution in [3.8, 4) is 5.69 Å². The summed E-state index contributed by atoms with van der Waals surface area (Å²) < 4.78 is 28.4. The van der Waals surface area contributed by atoms with Gasteiger partial charge in [-0.25, -0.2) is 13.5 Å². The summed E-state index contributed by atoms with van der Waals surface area (Å²) in [7, 11) is 0. The van der Waals surface area contributed by atoms with Crippen LogP contribution in [0.15, 0.2) is 30.3 Å². The molecule has 128 valence electrons. The molecule has 0 saturated heterocycles. The van der Waals surface area contributed by atoms with Gasteiger partial charge in [-0.05, 0) is 38.0 Å². The van der Waals surface area contributed by atoms with E-state index in [9.17, 15) is 13.6 Å². The van der Waals surface area contributed by atoms with Gasteiger partial charge in [-0.3, -0.25) is 4.79 Å². The minimum absolute atomic E-state index is 0.201. The van der Waals surface area contributed by atoms with Gasteiger partial charge in [0, 0.05) is 31.0 Å². The highest BCUT2D eigenvalue weighted by Crippen LogP contribution is 2.38. The Morgan fingerprint density at radius 1 is 1.38 bits per heavy atom. The average molecular weight is 333 g/mol. The zero-order valence-electron chi connectivity index (χ0n) is 13.9. The number of carbonyl (C=O) groups excluding carboxylic acids is 1. The van der Waals surface area contributed by atoms with Crippen LogP contribution in [-0.4, -0.2) is 21.6 Å². The lowest BCUT2D eigenvalue weighted by atomic mass is 10.1. The van der Waals surface area contributed by atoms with Crippen molar-refractivity contribution >= 4 is 5.91 Å². The number of halogens is 2. The zero-order valence-corrected chi connectivity index (χ0v) is 13.9. The van der Waals surface area contributed by atoms with Crippen LogP contribution in [0.4, 0.5) is 8.78 Å². The normalized spacial score (nSPS) is 19.4. The molecule has 1 fully saturated rings.